The molecule has 0 saturated carbocycles. The van der Waals surface area contributed by atoms with Gasteiger partial charge >= 0.3 is 76.6 Å². The van der Waals surface area contributed by atoms with Crippen molar-refractivity contribution in [1.82, 2.24) is 20.4 Å². The Bertz CT molecular complexity index is 995. The van der Waals surface area contributed by atoms with Crippen LogP contribution in [0.4, 0.5) is 13.2 Å². The summed E-state index contributed by atoms with van der Waals surface area (Å²) >= 11 is 1.57. The summed E-state index contributed by atoms with van der Waals surface area (Å²) in [6.45, 7) is 0. The summed E-state index contributed by atoms with van der Waals surface area (Å²) in [5.41, 5.74) is -4.52. The molecule has 1 fully saturated rings. The number of carbonyl (C=O) groups excluding carboxylic acids is 2. The number of halogens is 3. The Kier molecular flexibility index (Phi) is 12.3. The minimum absolute atomic E-state index is 0. The fourth-order valence-electron chi connectivity index (χ4n) is 2.80. The molecule has 1 saturated heterocycles. The number of aliphatic carboxylic acids is 2. The summed E-state index contributed by atoms with van der Waals surface area (Å²) < 4.78 is 41.8. The second kappa shape index (κ2) is 13.2. The van der Waals surface area contributed by atoms with Gasteiger partial charge in [-0.1, -0.05) is 11.8 Å². The van der Waals surface area contributed by atoms with Crippen LogP contribution in [0.5, 0.6) is 0 Å². The summed E-state index contributed by atoms with van der Waals surface area (Å²) in [5, 5.41) is 27.0. The van der Waals surface area contributed by atoms with Crippen LogP contribution in [0.1, 0.15) is 5.89 Å². The number of hydrogen-bond acceptors (Lipinski definition) is 10. The van der Waals surface area contributed by atoms with Gasteiger partial charge in [-0.2, -0.15) is 13.2 Å². The van der Waals surface area contributed by atoms with Crippen LogP contribution < -0.4 is 5.32 Å². The first-order chi connectivity index (χ1) is 15.0. The number of fused-ring (bicyclic) bond motifs is 1. The molecule has 3 rings (SSSR count). The molecule has 11 nitrogen and oxygen atoms in total. The van der Waals surface area contributed by atoms with Gasteiger partial charge in [-0.15, -0.1) is 22.0 Å². The molecule has 0 aromatic carbocycles. The zero-order valence-electron chi connectivity index (χ0n) is 15.6. The molecule has 2 atom stereocenters. The maximum absolute atomic E-state index is 12.4. The van der Waals surface area contributed by atoms with Crippen LogP contribution in [-0.4, -0.2) is 142 Å². The van der Waals surface area contributed by atoms with Crippen molar-refractivity contribution in [2.75, 3.05) is 17.3 Å². The number of hydrogen-bond donors (Lipinski definition) is 3. The van der Waals surface area contributed by atoms with Crippen LogP contribution >= 0.6 is 35.3 Å². The number of carboxylic acid groups (broad SMARTS) is 2. The molecule has 178 valence electrons. The Hall–Kier alpha value is -0.400. The molecule has 0 spiro atoms. The minimum atomic E-state index is -4.59. The molecule has 1 unspecified atom stereocenters. The molecule has 0 aliphatic carbocycles. The fraction of sp³-hybridized carbons (Fsp3) is 0.467. The molecule has 19 heteroatoms. The number of amides is 2. The van der Waals surface area contributed by atoms with Crippen molar-refractivity contribution in [1.29, 1.82) is 0 Å². The number of carboxylic acids is 2. The van der Waals surface area contributed by atoms with E-state index < -0.39 is 64.6 Å². The van der Waals surface area contributed by atoms with E-state index in [0.29, 0.717) is 5.57 Å². The molecule has 34 heavy (non-hydrogen) atoms. The van der Waals surface area contributed by atoms with E-state index in [1.165, 1.54) is 0 Å². The Labute approximate surface area is 246 Å². The monoisotopic (exact) mass is 562 g/mol. The average Bonchev–Trinajstić information content (AvgIpc) is 3.13. The van der Waals surface area contributed by atoms with Gasteiger partial charge in [0.05, 0.1) is 5.75 Å². The van der Waals surface area contributed by atoms with Gasteiger partial charge in [0.25, 0.3) is 11.1 Å². The van der Waals surface area contributed by atoms with Crippen molar-refractivity contribution in [3.8, 4) is 0 Å². The molecule has 3 heterocycles. The van der Waals surface area contributed by atoms with Crippen molar-refractivity contribution < 1.29 is 47.0 Å². The number of β-lactam (4-membered cyclic amide) rings is 1. The third-order valence-corrected chi connectivity index (χ3v) is 7.03. The number of alkyl halides is 3. The number of thioether (sulfide) groups is 3. The van der Waals surface area contributed by atoms with Gasteiger partial charge in [0.2, 0.25) is 11.8 Å². The SMILES string of the molecule is O=C(O)Cc1nnc(SCC2=C(C(=O)O)N3C(=O)C(NC(=O)CSC(F)(F)F)[C@H]3SC2)o1.[NaH].[NaH]. The zero-order chi connectivity index (χ0) is 23.6. The van der Waals surface area contributed by atoms with Gasteiger partial charge in [0.15, 0.2) is 0 Å². The van der Waals surface area contributed by atoms with E-state index in [4.69, 9.17) is 9.52 Å². The van der Waals surface area contributed by atoms with E-state index in [1.54, 1.807) is 0 Å². The quantitative estimate of drug-likeness (QED) is 0.201. The molecule has 3 N–H and O–H groups in total. The van der Waals surface area contributed by atoms with Crippen LogP contribution in [0.2, 0.25) is 0 Å². The van der Waals surface area contributed by atoms with Crippen LogP contribution in [0.25, 0.3) is 0 Å². The van der Waals surface area contributed by atoms with Crippen molar-refractivity contribution >= 4 is 118 Å². The van der Waals surface area contributed by atoms with E-state index >= 15 is 0 Å². The normalized spacial score (nSPS) is 19.4. The van der Waals surface area contributed by atoms with E-state index in [9.17, 15) is 37.5 Å². The Morgan fingerprint density at radius 1 is 1.24 bits per heavy atom. The first-order valence-electron chi connectivity index (χ1n) is 8.53. The molecular weight excluding hydrogens is 547 g/mol. The summed E-state index contributed by atoms with van der Waals surface area (Å²) in [5.74, 6) is -5.08. The molecule has 1 aromatic rings. The van der Waals surface area contributed by atoms with Crippen molar-refractivity contribution in [2.45, 2.75) is 28.6 Å². The molecule has 0 radical (unpaired) electrons. The molecule has 1 aromatic heterocycles. The summed E-state index contributed by atoms with van der Waals surface area (Å²) in [6.07, 6.45) is -0.467. The number of nitrogens with zero attached hydrogens (tertiary/aromatic N) is 3. The van der Waals surface area contributed by atoms with Gasteiger partial charge in [-0.3, -0.25) is 19.3 Å². The first-order valence-corrected chi connectivity index (χ1v) is 11.5. The van der Waals surface area contributed by atoms with Gasteiger partial charge in [-0.05, 0) is 17.3 Å². The number of rotatable bonds is 9. The maximum atomic E-state index is 12.4. The molecule has 2 aliphatic heterocycles. The van der Waals surface area contributed by atoms with Crippen LogP contribution in [0.15, 0.2) is 20.9 Å². The Morgan fingerprint density at radius 2 is 1.91 bits per heavy atom. The van der Waals surface area contributed by atoms with Crippen LogP contribution in [-0.2, 0) is 25.6 Å². The third kappa shape index (κ3) is 8.06. The first kappa shape index (κ1) is 31.6. The topological polar surface area (TPSA) is 163 Å². The number of carbonyl (C=O) groups is 4. The van der Waals surface area contributed by atoms with Crippen LogP contribution in [0, 0.1) is 0 Å². The van der Waals surface area contributed by atoms with E-state index in [0.717, 1.165) is 28.4 Å². The second-order valence-corrected chi connectivity index (χ2v) is 9.34. The summed E-state index contributed by atoms with van der Waals surface area (Å²) in [7, 11) is 0. The van der Waals surface area contributed by atoms with Crippen molar-refractivity contribution in [3.05, 3.63) is 17.2 Å². The molecular formula is C15H15F3N4Na2O7S3. The van der Waals surface area contributed by atoms with E-state index in [2.05, 4.69) is 15.5 Å². The van der Waals surface area contributed by atoms with Gasteiger partial charge < -0.3 is 19.9 Å². The Balaban J connectivity index is 0.00000289. The van der Waals surface area contributed by atoms with Gasteiger partial charge in [-0.25, -0.2) is 4.79 Å². The predicted molar refractivity (Wildman–Crippen MR) is 119 cm³/mol. The molecule has 2 amide bonds. The van der Waals surface area contributed by atoms with E-state index in [-0.39, 0.29) is 87.4 Å². The Morgan fingerprint density at radius 3 is 2.50 bits per heavy atom. The fourth-order valence-corrected chi connectivity index (χ4v) is 5.45. The number of aromatic nitrogens is 2. The number of nitrogens with one attached hydrogen (secondary N) is 1. The third-order valence-electron chi connectivity index (χ3n) is 4.05. The van der Waals surface area contributed by atoms with Gasteiger partial charge in [0, 0.05) is 11.5 Å². The summed E-state index contributed by atoms with van der Waals surface area (Å²) in [6, 6.07) is -1.13. The van der Waals surface area contributed by atoms with E-state index in [1.807, 2.05) is 0 Å². The zero-order valence-corrected chi connectivity index (χ0v) is 18.1. The standard InChI is InChI=1S/C15H13F3N4O7S3.2Na.2H/c16-15(17,18)32-4-6(23)19-9-11(26)22-10(13(27)28)5(2-30-12(9)22)3-31-14-21-20-7(29-14)1-8(24)25;;;;/h9,12H,1-4H2,(H,19,23)(H,24,25)(H,27,28);;;;/t9?,12-;;;;/m1..../s1. The van der Waals surface area contributed by atoms with Crippen molar-refractivity contribution in [3.63, 3.8) is 0 Å². The predicted octanol–water partition coefficient (Wildman–Crippen LogP) is -0.517. The van der Waals surface area contributed by atoms with Gasteiger partial charge in [0.1, 0.15) is 23.5 Å². The van der Waals surface area contributed by atoms with Crippen molar-refractivity contribution in [2.24, 2.45) is 0 Å². The average molecular weight is 562 g/mol. The molecule has 2 aliphatic rings. The van der Waals surface area contributed by atoms with Crippen LogP contribution in [0.3, 0.4) is 0 Å². The summed E-state index contributed by atoms with van der Waals surface area (Å²) in [4.78, 5) is 47.6. The molecule has 0 bridgehead atoms. The second-order valence-electron chi connectivity index (χ2n) is 6.27.